The van der Waals surface area contributed by atoms with Crippen LogP contribution < -0.4 is 10.2 Å². The number of anilines is 1. The van der Waals surface area contributed by atoms with Gasteiger partial charge in [-0.25, -0.2) is 4.98 Å². The van der Waals surface area contributed by atoms with E-state index in [1.165, 1.54) is 6.07 Å². The summed E-state index contributed by atoms with van der Waals surface area (Å²) in [5, 5.41) is 3.72. The lowest BCUT2D eigenvalue weighted by Gasteiger charge is -2.38. The van der Waals surface area contributed by atoms with Crippen LogP contribution in [-0.2, 0) is 20.4 Å². The van der Waals surface area contributed by atoms with Crippen molar-refractivity contribution in [2.24, 2.45) is 5.41 Å². The summed E-state index contributed by atoms with van der Waals surface area (Å²) in [7, 11) is 1.70. The minimum atomic E-state index is -4.47. The highest BCUT2D eigenvalue weighted by Crippen LogP contribution is 2.50. The molecule has 0 aromatic carbocycles. The fourth-order valence-corrected chi connectivity index (χ4v) is 6.19. The summed E-state index contributed by atoms with van der Waals surface area (Å²) in [5.41, 5.74) is -1.25. The first kappa shape index (κ1) is 22.9. The number of nitrogens with zero attached hydrogens (tertiary/aromatic N) is 3. The molecule has 4 aliphatic rings. The maximum absolute atomic E-state index is 13.4. The fourth-order valence-electron chi connectivity index (χ4n) is 6.19. The van der Waals surface area contributed by atoms with Crippen LogP contribution in [0.3, 0.4) is 0 Å². The van der Waals surface area contributed by atoms with Gasteiger partial charge in [-0.3, -0.25) is 4.79 Å². The van der Waals surface area contributed by atoms with Crippen molar-refractivity contribution in [3.63, 3.8) is 0 Å². The predicted octanol–water partition coefficient (Wildman–Crippen LogP) is 2.45. The number of carbonyl (C=O) groups is 1. The molecule has 1 amide bonds. The zero-order valence-electron chi connectivity index (χ0n) is 18.8. The number of ether oxygens (including phenoxy) is 2. The van der Waals surface area contributed by atoms with Crippen LogP contribution in [0.25, 0.3) is 0 Å². The second-order valence-electron chi connectivity index (χ2n) is 9.81. The topological polar surface area (TPSA) is 66.9 Å². The lowest BCUT2D eigenvalue weighted by Crippen LogP contribution is -2.52. The average molecular weight is 469 g/mol. The first-order chi connectivity index (χ1) is 15.8. The van der Waals surface area contributed by atoms with Crippen LogP contribution >= 0.6 is 0 Å². The van der Waals surface area contributed by atoms with Crippen LogP contribution in [0.15, 0.2) is 18.2 Å². The van der Waals surface area contributed by atoms with Gasteiger partial charge in [0.1, 0.15) is 11.5 Å². The van der Waals surface area contributed by atoms with Crippen molar-refractivity contribution < 1.29 is 27.4 Å². The number of methoxy groups -OCH3 is 1. The number of aromatic nitrogens is 1. The van der Waals surface area contributed by atoms with Gasteiger partial charge in [-0.1, -0.05) is 6.07 Å². The van der Waals surface area contributed by atoms with Gasteiger partial charge in [0.2, 0.25) is 5.91 Å². The zero-order valence-corrected chi connectivity index (χ0v) is 18.8. The van der Waals surface area contributed by atoms with E-state index in [0.29, 0.717) is 38.7 Å². The molecule has 7 nitrogen and oxygen atoms in total. The summed E-state index contributed by atoms with van der Waals surface area (Å²) in [6.45, 7) is 2.83. The Labute approximate surface area is 191 Å². The number of amides is 1. The van der Waals surface area contributed by atoms with Crippen molar-refractivity contribution in [2.75, 3.05) is 44.9 Å². The molecule has 3 unspecified atom stereocenters. The highest BCUT2D eigenvalue weighted by Gasteiger charge is 2.56. The molecule has 33 heavy (non-hydrogen) atoms. The summed E-state index contributed by atoms with van der Waals surface area (Å²) in [4.78, 5) is 21.1. The van der Waals surface area contributed by atoms with Crippen LogP contribution in [0.2, 0.25) is 0 Å². The van der Waals surface area contributed by atoms with E-state index in [1.807, 2.05) is 9.80 Å². The molecular weight excluding hydrogens is 437 g/mol. The van der Waals surface area contributed by atoms with Crippen molar-refractivity contribution in [3.05, 3.63) is 23.9 Å². The van der Waals surface area contributed by atoms with E-state index in [0.717, 1.165) is 38.2 Å². The summed E-state index contributed by atoms with van der Waals surface area (Å²) in [5.74, 6) is 0.540. The average Bonchev–Trinajstić information content (AvgIpc) is 3.33. The molecular formula is C23H31F3N4O3. The van der Waals surface area contributed by atoms with Crippen LogP contribution in [0.4, 0.5) is 19.0 Å². The Balaban J connectivity index is 1.24. The van der Waals surface area contributed by atoms with E-state index in [9.17, 15) is 18.0 Å². The molecule has 1 N–H and O–H groups in total. The van der Waals surface area contributed by atoms with E-state index >= 15 is 0 Å². The third kappa shape index (κ3) is 4.33. The van der Waals surface area contributed by atoms with Gasteiger partial charge in [0.05, 0.1) is 24.2 Å². The number of piperazine rings is 1. The quantitative estimate of drug-likeness (QED) is 0.733. The van der Waals surface area contributed by atoms with Crippen LogP contribution in [0.1, 0.15) is 37.8 Å². The first-order valence-electron chi connectivity index (χ1n) is 11.8. The first-order valence-corrected chi connectivity index (χ1v) is 11.8. The Bertz CT molecular complexity index is 885. The number of rotatable bonds is 4. The molecule has 4 fully saturated rings. The lowest BCUT2D eigenvalue weighted by molar-refractivity contribution is -0.141. The van der Waals surface area contributed by atoms with Crippen LogP contribution in [0.5, 0.6) is 0 Å². The van der Waals surface area contributed by atoms with Gasteiger partial charge in [0, 0.05) is 45.4 Å². The maximum Gasteiger partial charge on any atom is 0.433 e. The number of hydrogen-bond donors (Lipinski definition) is 1. The molecule has 3 saturated heterocycles. The number of hydrogen-bond acceptors (Lipinski definition) is 6. The molecule has 1 aliphatic carbocycles. The minimum absolute atomic E-state index is 0.0103. The number of halogens is 3. The molecule has 0 radical (unpaired) electrons. The fraction of sp³-hybridized carbons (Fsp3) is 0.739. The third-order valence-electron chi connectivity index (χ3n) is 7.84. The van der Waals surface area contributed by atoms with Crippen molar-refractivity contribution in [1.82, 2.24) is 15.2 Å². The van der Waals surface area contributed by atoms with E-state index in [4.69, 9.17) is 9.47 Å². The Morgan fingerprint density at radius 1 is 1.24 bits per heavy atom. The molecule has 1 aromatic rings. The minimum Gasteiger partial charge on any atom is -0.379 e. The second-order valence-corrected chi connectivity index (χ2v) is 9.81. The summed E-state index contributed by atoms with van der Waals surface area (Å²) in [6, 6.07) is 4.51. The monoisotopic (exact) mass is 468 g/mol. The zero-order chi connectivity index (χ0) is 23.2. The Morgan fingerprint density at radius 3 is 2.88 bits per heavy atom. The highest BCUT2D eigenvalue weighted by molar-refractivity contribution is 5.86. The molecule has 5 rings (SSSR count). The number of pyridine rings is 1. The van der Waals surface area contributed by atoms with E-state index in [1.54, 1.807) is 13.2 Å². The predicted molar refractivity (Wildman–Crippen MR) is 115 cm³/mol. The van der Waals surface area contributed by atoms with Crippen molar-refractivity contribution in [1.29, 1.82) is 0 Å². The van der Waals surface area contributed by atoms with Crippen LogP contribution in [-0.4, -0.2) is 80.0 Å². The molecule has 182 valence electrons. The maximum atomic E-state index is 13.4. The van der Waals surface area contributed by atoms with Gasteiger partial charge >= 0.3 is 6.18 Å². The van der Waals surface area contributed by atoms with Crippen molar-refractivity contribution in [2.45, 2.75) is 62.5 Å². The number of carbonyl (C=O) groups excluding carboxylic acids is 1. The standard InChI is InChI=1S/C23H31F3N4O3/c1-32-18-14-33-10-6-17(18)27-15-5-7-22(11-15)12-16-13-29(8-9-30(16)21(22)31)20-4-2-3-19(28-20)23(24,25)26/h2-4,15-18,27H,5-14H2,1H3/t15-,16?,17?,18?,22+/m1/s1. The second kappa shape index (κ2) is 8.70. The van der Waals surface area contributed by atoms with Crippen LogP contribution in [0, 0.1) is 5.41 Å². The largest absolute Gasteiger partial charge is 0.433 e. The summed E-state index contributed by atoms with van der Waals surface area (Å²) in [6.07, 6.45) is -0.213. The summed E-state index contributed by atoms with van der Waals surface area (Å²) >= 11 is 0. The van der Waals surface area contributed by atoms with Gasteiger partial charge < -0.3 is 24.6 Å². The van der Waals surface area contributed by atoms with Gasteiger partial charge in [-0.05, 0) is 44.2 Å². The van der Waals surface area contributed by atoms with Gasteiger partial charge in [-0.2, -0.15) is 13.2 Å². The molecule has 4 heterocycles. The van der Waals surface area contributed by atoms with E-state index in [2.05, 4.69) is 10.3 Å². The Kier molecular flexibility index (Phi) is 6.03. The van der Waals surface area contributed by atoms with Gasteiger partial charge in [-0.15, -0.1) is 0 Å². The summed E-state index contributed by atoms with van der Waals surface area (Å²) < 4.78 is 50.4. The molecule has 0 bridgehead atoms. The Hall–Kier alpha value is -1.91. The molecule has 1 spiro atoms. The van der Waals surface area contributed by atoms with E-state index in [-0.39, 0.29) is 35.6 Å². The lowest BCUT2D eigenvalue weighted by atomic mass is 9.82. The number of fused-ring (bicyclic) bond motifs is 1. The third-order valence-corrected chi connectivity index (χ3v) is 7.84. The number of nitrogens with one attached hydrogen (secondary N) is 1. The molecule has 3 aliphatic heterocycles. The molecule has 5 atom stereocenters. The molecule has 1 aromatic heterocycles. The SMILES string of the molecule is COC1COCCC1N[C@@H]1CC[C@@]2(CC3CN(c4cccc(C(F)(F)F)n4)CCN3C2=O)C1. The van der Waals surface area contributed by atoms with Gasteiger partial charge in [0.15, 0.2) is 0 Å². The Morgan fingerprint density at radius 2 is 2.09 bits per heavy atom. The van der Waals surface area contributed by atoms with E-state index < -0.39 is 11.9 Å². The molecule has 1 saturated carbocycles. The molecule has 10 heteroatoms. The van der Waals surface area contributed by atoms with Crippen molar-refractivity contribution >= 4 is 11.7 Å². The van der Waals surface area contributed by atoms with Gasteiger partial charge in [0.25, 0.3) is 0 Å². The number of alkyl halides is 3. The van der Waals surface area contributed by atoms with Crippen molar-refractivity contribution in [3.8, 4) is 0 Å². The highest BCUT2D eigenvalue weighted by atomic mass is 19.4. The normalized spacial score (nSPS) is 34.8. The smallest absolute Gasteiger partial charge is 0.379 e.